The second kappa shape index (κ2) is 5.91. The van der Waals surface area contributed by atoms with E-state index in [0.29, 0.717) is 18.8 Å². The monoisotopic (exact) mass is 264 g/mol. The predicted octanol–water partition coefficient (Wildman–Crippen LogP) is 1.53. The molecule has 1 unspecified atom stereocenters. The van der Waals surface area contributed by atoms with Gasteiger partial charge in [0.2, 0.25) is 0 Å². The molecule has 1 aliphatic rings. The first-order chi connectivity index (χ1) is 9.17. The highest BCUT2D eigenvalue weighted by Gasteiger charge is 2.30. The van der Waals surface area contributed by atoms with Crippen LogP contribution in [0.1, 0.15) is 30.3 Å². The Morgan fingerprint density at radius 3 is 2.95 bits per heavy atom. The molecule has 0 aliphatic carbocycles. The maximum atomic E-state index is 12.5. The molecule has 19 heavy (non-hydrogen) atoms. The van der Waals surface area contributed by atoms with Crippen LogP contribution in [-0.4, -0.2) is 41.5 Å². The first-order valence-corrected chi connectivity index (χ1v) is 6.69. The molecule has 1 amide bonds. The van der Waals surface area contributed by atoms with Crippen LogP contribution in [0.2, 0.25) is 0 Å². The van der Waals surface area contributed by atoms with Gasteiger partial charge in [-0.15, -0.1) is 0 Å². The molecule has 5 heteroatoms. The molecule has 1 aliphatic heterocycles. The zero-order chi connectivity index (χ0) is 13.8. The van der Waals surface area contributed by atoms with Crippen LogP contribution in [0.15, 0.2) is 18.3 Å². The zero-order valence-corrected chi connectivity index (χ0v) is 11.5. The van der Waals surface area contributed by atoms with Gasteiger partial charge in [-0.05, 0) is 31.9 Å². The summed E-state index contributed by atoms with van der Waals surface area (Å²) in [6.07, 6.45) is 3.54. The normalized spacial score (nSPS) is 19.3. The minimum Gasteiger partial charge on any atom is -0.469 e. The number of carbonyl (C=O) groups excluding carboxylic acids is 2. The minimum absolute atomic E-state index is 0.000420. The minimum atomic E-state index is -0.219. The van der Waals surface area contributed by atoms with Gasteiger partial charge < -0.3 is 14.2 Å². The lowest BCUT2D eigenvalue weighted by Gasteiger charge is -2.31. The standard InChI is InChI=1S/C14H20N2O3/c1-3-15-8-5-7-12(15)13(17)16-9-4-6-11(10-16)14(18)19-2/h5,7-8,11H,3-4,6,9-10H2,1-2H3. The number of methoxy groups -OCH3 is 1. The molecular weight excluding hydrogens is 244 g/mol. The molecule has 5 nitrogen and oxygen atoms in total. The van der Waals surface area contributed by atoms with Crippen molar-refractivity contribution in [3.63, 3.8) is 0 Å². The number of carbonyl (C=O) groups is 2. The molecule has 0 saturated carbocycles. The number of aryl methyl sites for hydroxylation is 1. The van der Waals surface area contributed by atoms with Crippen molar-refractivity contribution < 1.29 is 14.3 Å². The largest absolute Gasteiger partial charge is 0.469 e. The third-order valence-corrected chi connectivity index (χ3v) is 3.63. The second-order valence-electron chi connectivity index (χ2n) is 4.79. The molecule has 1 aromatic rings. The summed E-state index contributed by atoms with van der Waals surface area (Å²) in [5.41, 5.74) is 0.688. The van der Waals surface area contributed by atoms with Crippen molar-refractivity contribution >= 4 is 11.9 Å². The molecule has 0 radical (unpaired) electrons. The van der Waals surface area contributed by atoms with E-state index in [1.54, 1.807) is 4.90 Å². The van der Waals surface area contributed by atoms with E-state index in [0.717, 1.165) is 19.4 Å². The number of hydrogen-bond acceptors (Lipinski definition) is 3. The number of piperidine rings is 1. The molecule has 1 aromatic heterocycles. The average Bonchev–Trinajstić information content (AvgIpc) is 2.94. The fourth-order valence-corrected chi connectivity index (χ4v) is 2.57. The summed E-state index contributed by atoms with van der Waals surface area (Å²) in [6, 6.07) is 3.70. The quantitative estimate of drug-likeness (QED) is 0.778. The molecule has 1 saturated heterocycles. The van der Waals surface area contributed by atoms with E-state index in [2.05, 4.69) is 0 Å². The first-order valence-electron chi connectivity index (χ1n) is 6.69. The van der Waals surface area contributed by atoms with Gasteiger partial charge in [0.05, 0.1) is 13.0 Å². The van der Waals surface area contributed by atoms with Crippen molar-refractivity contribution in [1.29, 1.82) is 0 Å². The fraction of sp³-hybridized carbons (Fsp3) is 0.571. The van der Waals surface area contributed by atoms with Gasteiger partial charge in [0.1, 0.15) is 5.69 Å². The Balaban J connectivity index is 2.09. The van der Waals surface area contributed by atoms with Gasteiger partial charge in [-0.1, -0.05) is 0 Å². The van der Waals surface area contributed by atoms with Crippen molar-refractivity contribution in [2.75, 3.05) is 20.2 Å². The first kappa shape index (κ1) is 13.6. The molecule has 1 atom stereocenters. The number of likely N-dealkylation sites (tertiary alicyclic amines) is 1. The van der Waals surface area contributed by atoms with Crippen LogP contribution in [0.3, 0.4) is 0 Å². The zero-order valence-electron chi connectivity index (χ0n) is 11.5. The smallest absolute Gasteiger partial charge is 0.310 e. The van der Waals surface area contributed by atoms with E-state index < -0.39 is 0 Å². The lowest BCUT2D eigenvalue weighted by molar-refractivity contribution is -0.146. The number of esters is 1. The van der Waals surface area contributed by atoms with E-state index in [1.807, 2.05) is 29.8 Å². The lowest BCUT2D eigenvalue weighted by Crippen LogP contribution is -2.43. The predicted molar refractivity (Wildman–Crippen MR) is 70.7 cm³/mol. The van der Waals surface area contributed by atoms with Crippen molar-refractivity contribution in [3.05, 3.63) is 24.0 Å². The Bertz CT molecular complexity index is 467. The van der Waals surface area contributed by atoms with Crippen LogP contribution in [-0.2, 0) is 16.1 Å². The number of nitrogens with zero attached hydrogens (tertiary/aromatic N) is 2. The second-order valence-corrected chi connectivity index (χ2v) is 4.79. The van der Waals surface area contributed by atoms with Crippen LogP contribution in [0.4, 0.5) is 0 Å². The summed E-state index contributed by atoms with van der Waals surface area (Å²) in [4.78, 5) is 25.8. The molecule has 2 rings (SSSR count). The number of amides is 1. The van der Waals surface area contributed by atoms with E-state index in [1.165, 1.54) is 7.11 Å². The average molecular weight is 264 g/mol. The molecular formula is C14H20N2O3. The maximum absolute atomic E-state index is 12.5. The van der Waals surface area contributed by atoms with Crippen molar-refractivity contribution in [2.45, 2.75) is 26.3 Å². The van der Waals surface area contributed by atoms with Gasteiger partial charge >= 0.3 is 5.97 Å². The van der Waals surface area contributed by atoms with E-state index in [-0.39, 0.29) is 17.8 Å². The Morgan fingerprint density at radius 2 is 2.26 bits per heavy atom. The van der Waals surface area contributed by atoms with Crippen molar-refractivity contribution in [3.8, 4) is 0 Å². The summed E-state index contributed by atoms with van der Waals surface area (Å²) in [7, 11) is 1.39. The fourth-order valence-electron chi connectivity index (χ4n) is 2.57. The Kier molecular flexibility index (Phi) is 4.24. The van der Waals surface area contributed by atoms with Gasteiger partial charge in [-0.25, -0.2) is 0 Å². The Labute approximate surface area is 113 Å². The van der Waals surface area contributed by atoms with Crippen LogP contribution in [0.25, 0.3) is 0 Å². The van der Waals surface area contributed by atoms with Crippen molar-refractivity contribution in [2.24, 2.45) is 5.92 Å². The number of hydrogen-bond donors (Lipinski definition) is 0. The molecule has 2 heterocycles. The van der Waals surface area contributed by atoms with Crippen LogP contribution in [0, 0.1) is 5.92 Å². The summed E-state index contributed by atoms with van der Waals surface area (Å²) < 4.78 is 6.69. The number of aromatic nitrogens is 1. The summed E-state index contributed by atoms with van der Waals surface area (Å²) in [5, 5.41) is 0. The summed E-state index contributed by atoms with van der Waals surface area (Å²) in [5.74, 6) is -0.406. The molecule has 1 fully saturated rings. The van der Waals surface area contributed by atoms with Gasteiger partial charge in [-0.2, -0.15) is 0 Å². The van der Waals surface area contributed by atoms with Crippen LogP contribution >= 0.6 is 0 Å². The maximum Gasteiger partial charge on any atom is 0.310 e. The molecule has 0 N–H and O–H groups in total. The highest BCUT2D eigenvalue weighted by molar-refractivity contribution is 5.93. The third-order valence-electron chi connectivity index (χ3n) is 3.63. The van der Waals surface area contributed by atoms with Crippen LogP contribution < -0.4 is 0 Å². The number of ether oxygens (including phenoxy) is 1. The van der Waals surface area contributed by atoms with Crippen LogP contribution in [0.5, 0.6) is 0 Å². The summed E-state index contributed by atoms with van der Waals surface area (Å²) >= 11 is 0. The van der Waals surface area contributed by atoms with E-state index in [4.69, 9.17) is 4.74 Å². The highest BCUT2D eigenvalue weighted by atomic mass is 16.5. The molecule has 0 spiro atoms. The van der Waals surface area contributed by atoms with Gasteiger partial charge in [0, 0.05) is 25.8 Å². The Morgan fingerprint density at radius 1 is 1.47 bits per heavy atom. The molecule has 104 valence electrons. The SMILES string of the molecule is CCn1cccc1C(=O)N1CCCC(C(=O)OC)C1. The summed E-state index contributed by atoms with van der Waals surface area (Å²) in [6.45, 7) is 3.94. The van der Waals surface area contributed by atoms with E-state index >= 15 is 0 Å². The Hall–Kier alpha value is -1.78. The van der Waals surface area contributed by atoms with Gasteiger partial charge in [0.25, 0.3) is 5.91 Å². The molecule has 0 bridgehead atoms. The topological polar surface area (TPSA) is 51.5 Å². The molecule has 0 aromatic carbocycles. The number of rotatable bonds is 3. The van der Waals surface area contributed by atoms with Gasteiger partial charge in [-0.3, -0.25) is 9.59 Å². The van der Waals surface area contributed by atoms with E-state index in [9.17, 15) is 9.59 Å². The van der Waals surface area contributed by atoms with Crippen molar-refractivity contribution in [1.82, 2.24) is 9.47 Å². The third kappa shape index (κ3) is 2.80. The highest BCUT2D eigenvalue weighted by Crippen LogP contribution is 2.20. The van der Waals surface area contributed by atoms with Gasteiger partial charge in [0.15, 0.2) is 0 Å². The lowest BCUT2D eigenvalue weighted by atomic mass is 9.98.